The van der Waals surface area contributed by atoms with Crippen LogP contribution >= 0.6 is 0 Å². The molecule has 0 aliphatic carbocycles. The van der Waals surface area contributed by atoms with Crippen molar-refractivity contribution < 1.29 is 23.9 Å². The van der Waals surface area contributed by atoms with Crippen molar-refractivity contribution in [1.82, 2.24) is 5.06 Å². The largest absolute Gasteiger partial charge is 0.496 e. The van der Waals surface area contributed by atoms with Gasteiger partial charge in [0.15, 0.2) is 6.17 Å². The number of methoxy groups -OCH3 is 1. The normalized spacial score (nSPS) is 15.5. The summed E-state index contributed by atoms with van der Waals surface area (Å²) in [6, 6.07) is 18.0. The molecular formula is C22H19FN2O4. The van der Waals surface area contributed by atoms with E-state index in [0.29, 0.717) is 33.4 Å². The Hall–Kier alpha value is -3.58. The number of carbonyl (C=O) groups excluding carboxylic acids is 1. The van der Waals surface area contributed by atoms with Crippen LogP contribution in [0.1, 0.15) is 27.7 Å². The highest BCUT2D eigenvalue weighted by molar-refractivity contribution is 6.01. The SMILES string of the molecule is COc1ccc(C2Nc3ccccc3C(=O)N2O)cc1COc1ccc(F)cc1. The molecule has 0 saturated carbocycles. The average Bonchev–Trinajstić information content (AvgIpc) is 2.75. The van der Waals surface area contributed by atoms with Gasteiger partial charge >= 0.3 is 0 Å². The lowest BCUT2D eigenvalue weighted by atomic mass is 10.0. The van der Waals surface area contributed by atoms with Gasteiger partial charge in [-0.2, -0.15) is 5.06 Å². The van der Waals surface area contributed by atoms with Crippen molar-refractivity contribution in [3.05, 3.63) is 89.2 Å². The number of hydrogen-bond acceptors (Lipinski definition) is 5. The summed E-state index contributed by atoms with van der Waals surface area (Å²) in [6.07, 6.45) is -0.757. The van der Waals surface area contributed by atoms with Gasteiger partial charge in [-0.3, -0.25) is 10.0 Å². The fourth-order valence-corrected chi connectivity index (χ4v) is 3.24. The number of para-hydroxylation sites is 1. The summed E-state index contributed by atoms with van der Waals surface area (Å²) in [5.74, 6) is 0.294. The molecule has 1 aliphatic heterocycles. The zero-order valence-corrected chi connectivity index (χ0v) is 15.6. The summed E-state index contributed by atoms with van der Waals surface area (Å²) in [5.41, 5.74) is 2.43. The maximum absolute atomic E-state index is 13.1. The van der Waals surface area contributed by atoms with Gasteiger partial charge in [-0.25, -0.2) is 4.39 Å². The maximum Gasteiger partial charge on any atom is 0.281 e. The van der Waals surface area contributed by atoms with Gasteiger partial charge in [-0.15, -0.1) is 0 Å². The molecule has 0 aromatic heterocycles. The summed E-state index contributed by atoms with van der Waals surface area (Å²) in [5, 5.41) is 14.3. The Morgan fingerprint density at radius 2 is 1.86 bits per heavy atom. The van der Waals surface area contributed by atoms with Gasteiger partial charge in [-0.1, -0.05) is 18.2 Å². The van der Waals surface area contributed by atoms with Gasteiger partial charge in [-0.05, 0) is 54.1 Å². The Kier molecular flexibility index (Phi) is 5.05. The highest BCUT2D eigenvalue weighted by atomic mass is 19.1. The number of carbonyl (C=O) groups is 1. The molecule has 1 unspecified atom stereocenters. The van der Waals surface area contributed by atoms with E-state index < -0.39 is 12.1 Å². The minimum absolute atomic E-state index is 0.172. The fraction of sp³-hybridized carbons (Fsp3) is 0.136. The van der Waals surface area contributed by atoms with Crippen LogP contribution in [0.15, 0.2) is 66.7 Å². The molecule has 4 rings (SSSR count). The molecule has 0 fully saturated rings. The van der Waals surface area contributed by atoms with Crippen LogP contribution in [0.2, 0.25) is 0 Å². The summed E-state index contributed by atoms with van der Waals surface area (Å²) >= 11 is 0. The molecule has 0 bridgehead atoms. The van der Waals surface area contributed by atoms with E-state index >= 15 is 0 Å². The van der Waals surface area contributed by atoms with Crippen LogP contribution in [0.4, 0.5) is 10.1 Å². The smallest absolute Gasteiger partial charge is 0.281 e. The van der Waals surface area contributed by atoms with E-state index in [1.807, 2.05) is 6.07 Å². The second kappa shape index (κ2) is 7.81. The number of hydrogen-bond donors (Lipinski definition) is 2. The zero-order chi connectivity index (χ0) is 20.4. The lowest BCUT2D eigenvalue weighted by Gasteiger charge is -2.33. The summed E-state index contributed by atoms with van der Waals surface area (Å²) in [4.78, 5) is 12.5. The molecule has 6 nitrogen and oxygen atoms in total. The van der Waals surface area contributed by atoms with Gasteiger partial charge in [0.2, 0.25) is 0 Å². The first-order chi connectivity index (χ1) is 14.1. The van der Waals surface area contributed by atoms with Gasteiger partial charge in [0.25, 0.3) is 5.91 Å². The molecule has 2 N–H and O–H groups in total. The second-order valence-electron chi connectivity index (χ2n) is 6.56. The lowest BCUT2D eigenvalue weighted by molar-refractivity contribution is -0.0851. The third-order valence-corrected chi connectivity index (χ3v) is 4.73. The highest BCUT2D eigenvalue weighted by Gasteiger charge is 2.32. The van der Waals surface area contributed by atoms with Crippen LogP contribution in [-0.2, 0) is 6.61 Å². The van der Waals surface area contributed by atoms with Crippen LogP contribution in [0.3, 0.4) is 0 Å². The molecule has 29 heavy (non-hydrogen) atoms. The summed E-state index contributed by atoms with van der Waals surface area (Å²) in [7, 11) is 1.55. The van der Waals surface area contributed by atoms with Gasteiger partial charge in [0.05, 0.1) is 12.7 Å². The van der Waals surface area contributed by atoms with Crippen molar-refractivity contribution in [2.75, 3.05) is 12.4 Å². The van der Waals surface area contributed by atoms with Crippen molar-refractivity contribution in [2.45, 2.75) is 12.8 Å². The molecule has 148 valence electrons. The molecule has 1 atom stereocenters. The summed E-state index contributed by atoms with van der Waals surface area (Å²) < 4.78 is 24.2. The number of fused-ring (bicyclic) bond motifs is 1. The first kappa shape index (κ1) is 18.8. The fourth-order valence-electron chi connectivity index (χ4n) is 3.24. The first-order valence-corrected chi connectivity index (χ1v) is 9.00. The van der Waals surface area contributed by atoms with Crippen LogP contribution < -0.4 is 14.8 Å². The third kappa shape index (κ3) is 3.72. The number of nitrogens with one attached hydrogen (secondary N) is 1. The number of rotatable bonds is 5. The van der Waals surface area contributed by atoms with E-state index in [-0.39, 0.29) is 12.4 Å². The van der Waals surface area contributed by atoms with Crippen LogP contribution in [0, 0.1) is 5.82 Å². The van der Waals surface area contributed by atoms with Crippen molar-refractivity contribution in [3.8, 4) is 11.5 Å². The van der Waals surface area contributed by atoms with Crippen molar-refractivity contribution in [3.63, 3.8) is 0 Å². The molecular weight excluding hydrogens is 375 g/mol. The lowest BCUT2D eigenvalue weighted by Crippen LogP contribution is -2.40. The van der Waals surface area contributed by atoms with Gasteiger partial charge in [0.1, 0.15) is 23.9 Å². The molecule has 0 radical (unpaired) electrons. The number of anilines is 1. The Morgan fingerprint density at radius 1 is 1.10 bits per heavy atom. The van der Waals surface area contributed by atoms with Gasteiger partial charge in [0, 0.05) is 11.3 Å². The molecule has 1 amide bonds. The Bertz CT molecular complexity index is 1040. The standard InChI is InChI=1S/C22H19FN2O4/c1-28-20-11-6-14(12-15(20)13-29-17-9-7-16(23)8-10-17)21-24-19-5-3-2-4-18(19)22(26)25(21)27/h2-12,21,24,27H,13H2,1H3. The van der Waals surface area contributed by atoms with E-state index in [9.17, 15) is 14.4 Å². The van der Waals surface area contributed by atoms with E-state index in [4.69, 9.17) is 9.47 Å². The minimum atomic E-state index is -0.757. The Morgan fingerprint density at radius 3 is 2.62 bits per heavy atom. The molecule has 3 aromatic carbocycles. The molecule has 7 heteroatoms. The Balaban J connectivity index is 1.61. The third-order valence-electron chi connectivity index (χ3n) is 4.73. The predicted molar refractivity (Wildman–Crippen MR) is 104 cm³/mol. The van der Waals surface area contributed by atoms with Crippen LogP contribution in [-0.4, -0.2) is 23.3 Å². The van der Waals surface area contributed by atoms with Crippen molar-refractivity contribution in [1.29, 1.82) is 0 Å². The monoisotopic (exact) mass is 394 g/mol. The van der Waals surface area contributed by atoms with E-state index in [1.165, 1.54) is 12.1 Å². The number of hydroxylamine groups is 2. The average molecular weight is 394 g/mol. The highest BCUT2D eigenvalue weighted by Crippen LogP contribution is 2.33. The maximum atomic E-state index is 13.1. The van der Waals surface area contributed by atoms with E-state index in [1.54, 1.807) is 55.6 Å². The topological polar surface area (TPSA) is 71.0 Å². The minimum Gasteiger partial charge on any atom is -0.496 e. The van der Waals surface area contributed by atoms with E-state index in [2.05, 4.69) is 5.32 Å². The predicted octanol–water partition coefficient (Wildman–Crippen LogP) is 4.37. The number of halogens is 1. The number of ether oxygens (including phenoxy) is 2. The summed E-state index contributed by atoms with van der Waals surface area (Å²) in [6.45, 7) is 0.172. The zero-order valence-electron chi connectivity index (χ0n) is 15.6. The van der Waals surface area contributed by atoms with Crippen molar-refractivity contribution in [2.24, 2.45) is 0 Å². The molecule has 1 aliphatic rings. The molecule has 3 aromatic rings. The van der Waals surface area contributed by atoms with Crippen molar-refractivity contribution >= 4 is 11.6 Å². The second-order valence-corrected chi connectivity index (χ2v) is 6.56. The quantitative estimate of drug-likeness (QED) is 0.629. The number of nitrogens with zero attached hydrogens (tertiary/aromatic N) is 1. The molecule has 0 saturated heterocycles. The van der Waals surface area contributed by atoms with E-state index in [0.717, 1.165) is 5.56 Å². The molecule has 0 spiro atoms. The van der Waals surface area contributed by atoms with Crippen LogP contribution in [0.5, 0.6) is 11.5 Å². The number of amides is 1. The molecule has 1 heterocycles. The van der Waals surface area contributed by atoms with Crippen LogP contribution in [0.25, 0.3) is 0 Å². The Labute approximate surface area is 167 Å². The number of benzene rings is 3. The van der Waals surface area contributed by atoms with Gasteiger partial charge < -0.3 is 14.8 Å². The first-order valence-electron chi connectivity index (χ1n) is 9.00.